The first-order valence-electron chi connectivity index (χ1n) is 6.94. The number of nitrogens with two attached hydrogens (primary N) is 1. The lowest BCUT2D eigenvalue weighted by molar-refractivity contribution is -0.138. The van der Waals surface area contributed by atoms with Gasteiger partial charge in [0.2, 0.25) is 17.7 Å². The van der Waals surface area contributed by atoms with Crippen molar-refractivity contribution in [3.05, 3.63) is 0 Å². The average molecular weight is 267 g/mol. The molecule has 3 unspecified atom stereocenters. The van der Waals surface area contributed by atoms with Crippen LogP contribution < -0.4 is 16.4 Å². The van der Waals surface area contributed by atoms with E-state index < -0.39 is 11.9 Å². The number of carbonyl (C=O) groups is 3. The molecule has 2 fully saturated rings. The fraction of sp³-hybridized carbons (Fsp3) is 0.769. The molecule has 0 aromatic heterocycles. The molecule has 1 saturated carbocycles. The normalized spacial score (nSPS) is 31.7. The lowest BCUT2D eigenvalue weighted by Crippen LogP contribution is -2.53. The van der Waals surface area contributed by atoms with Gasteiger partial charge < -0.3 is 11.1 Å². The number of hydrogen-bond donors (Lipinski definition) is 3. The van der Waals surface area contributed by atoms with Crippen molar-refractivity contribution >= 4 is 17.7 Å². The van der Waals surface area contributed by atoms with Gasteiger partial charge in [0.25, 0.3) is 0 Å². The zero-order valence-electron chi connectivity index (χ0n) is 11.0. The van der Waals surface area contributed by atoms with Gasteiger partial charge in [0, 0.05) is 12.3 Å². The van der Waals surface area contributed by atoms with E-state index in [1.165, 1.54) is 0 Å². The minimum absolute atomic E-state index is 0.0484. The molecule has 0 spiro atoms. The molecule has 0 bridgehead atoms. The zero-order chi connectivity index (χ0) is 13.8. The van der Waals surface area contributed by atoms with Gasteiger partial charge in [-0.15, -0.1) is 0 Å². The molecule has 3 amide bonds. The third-order valence-electron chi connectivity index (χ3n) is 4.04. The van der Waals surface area contributed by atoms with E-state index in [0.29, 0.717) is 18.9 Å². The first kappa shape index (κ1) is 14.0. The molecule has 6 heteroatoms. The predicted molar refractivity (Wildman–Crippen MR) is 68.8 cm³/mol. The largest absolute Gasteiger partial charge is 0.344 e. The van der Waals surface area contributed by atoms with Crippen LogP contribution in [0.15, 0.2) is 0 Å². The minimum Gasteiger partial charge on any atom is -0.344 e. The Morgan fingerprint density at radius 3 is 2.79 bits per heavy atom. The average Bonchev–Trinajstić information content (AvgIpc) is 2.42. The third kappa shape index (κ3) is 3.53. The molecule has 0 aromatic rings. The van der Waals surface area contributed by atoms with Crippen LogP contribution in [0.4, 0.5) is 0 Å². The van der Waals surface area contributed by atoms with Gasteiger partial charge in [-0.3, -0.25) is 19.7 Å². The topological polar surface area (TPSA) is 101 Å². The van der Waals surface area contributed by atoms with Crippen molar-refractivity contribution < 1.29 is 14.4 Å². The van der Waals surface area contributed by atoms with Gasteiger partial charge in [0.05, 0.1) is 0 Å². The maximum absolute atomic E-state index is 12.1. The van der Waals surface area contributed by atoms with E-state index in [1.54, 1.807) is 0 Å². The van der Waals surface area contributed by atoms with Gasteiger partial charge in [-0.25, -0.2) is 0 Å². The van der Waals surface area contributed by atoms with Gasteiger partial charge in [0.1, 0.15) is 6.04 Å². The number of rotatable bonds is 3. The molecule has 2 rings (SSSR count). The zero-order valence-corrected chi connectivity index (χ0v) is 11.0. The SMILES string of the molecule is NCC1CCCC(C(=O)NC2CCC(=O)NC2=O)C1. The summed E-state index contributed by atoms with van der Waals surface area (Å²) in [6.45, 7) is 0.613. The molecule has 19 heavy (non-hydrogen) atoms. The number of nitrogens with one attached hydrogen (secondary N) is 2. The van der Waals surface area contributed by atoms with Gasteiger partial charge in [0.15, 0.2) is 0 Å². The molecule has 106 valence electrons. The van der Waals surface area contributed by atoms with Gasteiger partial charge in [-0.1, -0.05) is 6.42 Å². The smallest absolute Gasteiger partial charge is 0.249 e. The molecule has 1 saturated heterocycles. The summed E-state index contributed by atoms with van der Waals surface area (Å²) in [4.78, 5) is 34.7. The molecule has 1 aliphatic carbocycles. The monoisotopic (exact) mass is 267 g/mol. The van der Waals surface area contributed by atoms with Crippen LogP contribution in [0.2, 0.25) is 0 Å². The van der Waals surface area contributed by atoms with Crippen LogP contribution in [0, 0.1) is 11.8 Å². The quantitative estimate of drug-likeness (QED) is 0.609. The molecule has 0 radical (unpaired) electrons. The number of piperidine rings is 1. The standard InChI is InChI=1S/C13H21N3O3/c14-7-8-2-1-3-9(6-8)12(18)15-10-4-5-11(17)16-13(10)19/h8-10H,1-7,14H2,(H,15,18)(H,16,17,19). The van der Waals surface area contributed by atoms with E-state index in [1.807, 2.05) is 0 Å². The first-order chi connectivity index (χ1) is 9.10. The Morgan fingerprint density at radius 2 is 2.11 bits per heavy atom. The van der Waals surface area contributed by atoms with E-state index in [4.69, 9.17) is 5.73 Å². The fourth-order valence-corrected chi connectivity index (χ4v) is 2.86. The molecule has 3 atom stereocenters. The van der Waals surface area contributed by atoms with Crippen molar-refractivity contribution in [1.29, 1.82) is 0 Å². The van der Waals surface area contributed by atoms with Crippen molar-refractivity contribution in [2.24, 2.45) is 17.6 Å². The van der Waals surface area contributed by atoms with Crippen LogP contribution in [0.5, 0.6) is 0 Å². The van der Waals surface area contributed by atoms with E-state index >= 15 is 0 Å². The molecular formula is C13H21N3O3. The molecule has 2 aliphatic rings. The second-order valence-corrected chi connectivity index (χ2v) is 5.48. The van der Waals surface area contributed by atoms with Crippen molar-refractivity contribution in [1.82, 2.24) is 10.6 Å². The Morgan fingerprint density at radius 1 is 1.32 bits per heavy atom. The Hall–Kier alpha value is -1.43. The maximum Gasteiger partial charge on any atom is 0.249 e. The summed E-state index contributed by atoms with van der Waals surface area (Å²) in [6, 6.07) is -0.566. The lowest BCUT2D eigenvalue weighted by atomic mass is 9.81. The summed E-state index contributed by atoms with van der Waals surface area (Å²) in [7, 11) is 0. The highest BCUT2D eigenvalue weighted by Crippen LogP contribution is 2.28. The van der Waals surface area contributed by atoms with E-state index in [2.05, 4.69) is 10.6 Å². The highest BCUT2D eigenvalue weighted by Gasteiger charge is 2.32. The summed E-state index contributed by atoms with van der Waals surface area (Å²) in [5.74, 6) is -0.376. The highest BCUT2D eigenvalue weighted by atomic mass is 16.2. The van der Waals surface area contributed by atoms with Crippen LogP contribution in [-0.2, 0) is 14.4 Å². The summed E-state index contributed by atoms with van der Waals surface area (Å²) in [6.07, 6.45) is 4.43. The van der Waals surface area contributed by atoms with Crippen LogP contribution in [0.25, 0.3) is 0 Å². The molecule has 4 N–H and O–H groups in total. The second kappa shape index (κ2) is 6.14. The van der Waals surface area contributed by atoms with Gasteiger partial charge in [-0.05, 0) is 38.1 Å². The van der Waals surface area contributed by atoms with E-state index in [-0.39, 0.29) is 24.2 Å². The molecule has 1 heterocycles. The number of carbonyl (C=O) groups excluding carboxylic acids is 3. The Balaban J connectivity index is 1.86. The van der Waals surface area contributed by atoms with Crippen molar-refractivity contribution in [2.45, 2.75) is 44.6 Å². The van der Waals surface area contributed by atoms with E-state index in [9.17, 15) is 14.4 Å². The van der Waals surface area contributed by atoms with Crippen molar-refractivity contribution in [2.75, 3.05) is 6.54 Å². The van der Waals surface area contributed by atoms with Gasteiger partial charge in [-0.2, -0.15) is 0 Å². The van der Waals surface area contributed by atoms with Crippen LogP contribution in [0.3, 0.4) is 0 Å². The molecule has 6 nitrogen and oxygen atoms in total. The number of hydrogen-bond acceptors (Lipinski definition) is 4. The maximum atomic E-state index is 12.1. The Bertz CT molecular complexity index is 383. The highest BCUT2D eigenvalue weighted by molar-refractivity contribution is 6.01. The van der Waals surface area contributed by atoms with Crippen molar-refractivity contribution in [3.63, 3.8) is 0 Å². The Labute approximate surface area is 112 Å². The molecular weight excluding hydrogens is 246 g/mol. The second-order valence-electron chi connectivity index (χ2n) is 5.48. The third-order valence-corrected chi connectivity index (χ3v) is 4.04. The van der Waals surface area contributed by atoms with Crippen LogP contribution in [-0.4, -0.2) is 30.3 Å². The van der Waals surface area contributed by atoms with Crippen LogP contribution in [0.1, 0.15) is 38.5 Å². The summed E-state index contributed by atoms with van der Waals surface area (Å²) in [5, 5.41) is 5.00. The first-order valence-corrected chi connectivity index (χ1v) is 6.94. The summed E-state index contributed by atoms with van der Waals surface area (Å²) < 4.78 is 0. The van der Waals surface area contributed by atoms with Gasteiger partial charge >= 0.3 is 0 Å². The fourth-order valence-electron chi connectivity index (χ4n) is 2.86. The number of imide groups is 1. The van der Waals surface area contributed by atoms with Crippen molar-refractivity contribution in [3.8, 4) is 0 Å². The van der Waals surface area contributed by atoms with E-state index in [0.717, 1.165) is 25.7 Å². The van der Waals surface area contributed by atoms with Crippen LogP contribution >= 0.6 is 0 Å². The Kier molecular flexibility index (Phi) is 4.52. The predicted octanol–water partition coefficient (Wildman–Crippen LogP) is -0.327. The summed E-state index contributed by atoms with van der Waals surface area (Å²) >= 11 is 0. The minimum atomic E-state index is -0.566. The summed E-state index contributed by atoms with van der Waals surface area (Å²) in [5.41, 5.74) is 5.65. The molecule has 1 aliphatic heterocycles. The number of amides is 3. The lowest BCUT2D eigenvalue weighted by Gasteiger charge is -2.29. The molecule has 0 aromatic carbocycles.